The number of fused-ring (bicyclic) bond motifs is 1. The average Bonchev–Trinajstić information content (AvgIpc) is 2.77. The number of rotatable bonds is 2. The van der Waals surface area contributed by atoms with Crippen LogP contribution in [0.3, 0.4) is 0 Å². The Morgan fingerprint density at radius 3 is 2.65 bits per heavy atom. The van der Waals surface area contributed by atoms with Gasteiger partial charge in [-0.1, -0.05) is 25.0 Å². The molecule has 4 heteroatoms. The van der Waals surface area contributed by atoms with Crippen LogP contribution < -0.4 is 15.1 Å². The fraction of sp³-hybridized carbons (Fsp3) is 0.562. The third-order valence-corrected chi connectivity index (χ3v) is 4.49. The van der Waals surface area contributed by atoms with Crippen molar-refractivity contribution in [2.45, 2.75) is 44.7 Å². The molecule has 108 valence electrons. The van der Waals surface area contributed by atoms with Crippen LogP contribution in [0.1, 0.15) is 32.6 Å². The zero-order chi connectivity index (χ0) is 14.1. The topological polar surface area (TPSA) is 35.6 Å². The largest absolute Gasteiger partial charge is 0.355 e. The van der Waals surface area contributed by atoms with Crippen molar-refractivity contribution in [3.8, 4) is 0 Å². The minimum atomic E-state index is 0.0859. The highest BCUT2D eigenvalue weighted by atomic mass is 16.1. The van der Waals surface area contributed by atoms with Gasteiger partial charge in [-0.15, -0.1) is 0 Å². The Morgan fingerprint density at radius 2 is 1.90 bits per heavy atom. The molecule has 0 radical (unpaired) electrons. The predicted octanol–water partition coefficient (Wildman–Crippen LogP) is 2.35. The first-order valence-electron chi connectivity index (χ1n) is 7.51. The molecular weight excluding hydrogens is 250 g/mol. The van der Waals surface area contributed by atoms with E-state index >= 15 is 0 Å². The highest BCUT2D eigenvalue weighted by Gasteiger charge is 2.35. The number of hydrogen-bond acceptors (Lipinski definition) is 3. The molecule has 2 aliphatic rings. The third kappa shape index (κ3) is 2.35. The van der Waals surface area contributed by atoms with E-state index in [2.05, 4.69) is 46.4 Å². The molecule has 1 amide bonds. The van der Waals surface area contributed by atoms with E-state index in [1.165, 1.54) is 24.2 Å². The van der Waals surface area contributed by atoms with Crippen LogP contribution in [0.2, 0.25) is 0 Å². The van der Waals surface area contributed by atoms with Crippen LogP contribution in [0, 0.1) is 0 Å². The summed E-state index contributed by atoms with van der Waals surface area (Å²) in [6.07, 6.45) is 4.72. The molecule has 1 N–H and O–H groups in total. The number of benzene rings is 1. The summed E-state index contributed by atoms with van der Waals surface area (Å²) in [6.45, 7) is 2.54. The highest BCUT2D eigenvalue weighted by Crippen LogP contribution is 2.38. The lowest BCUT2D eigenvalue weighted by molar-refractivity contribution is -0.120. The Kier molecular flexibility index (Phi) is 3.55. The molecule has 3 rings (SSSR count). The van der Waals surface area contributed by atoms with Crippen molar-refractivity contribution in [2.24, 2.45) is 0 Å². The molecule has 1 aliphatic heterocycles. The molecule has 1 saturated carbocycles. The third-order valence-electron chi connectivity index (χ3n) is 4.49. The van der Waals surface area contributed by atoms with E-state index in [0.717, 1.165) is 19.5 Å². The van der Waals surface area contributed by atoms with Gasteiger partial charge in [0, 0.05) is 20.0 Å². The van der Waals surface area contributed by atoms with Gasteiger partial charge in [-0.05, 0) is 25.0 Å². The molecule has 1 aromatic rings. The van der Waals surface area contributed by atoms with Crippen LogP contribution in [-0.2, 0) is 4.79 Å². The summed E-state index contributed by atoms with van der Waals surface area (Å²) < 4.78 is 0. The highest BCUT2D eigenvalue weighted by molar-refractivity contribution is 5.77. The lowest BCUT2D eigenvalue weighted by Gasteiger charge is -2.39. The van der Waals surface area contributed by atoms with E-state index in [1.54, 1.807) is 6.92 Å². The first kappa shape index (κ1) is 13.3. The van der Waals surface area contributed by atoms with Crippen molar-refractivity contribution in [1.82, 2.24) is 5.32 Å². The molecule has 20 heavy (non-hydrogen) atoms. The fourth-order valence-electron chi connectivity index (χ4n) is 3.61. The fourth-order valence-corrected chi connectivity index (χ4v) is 3.61. The Morgan fingerprint density at radius 1 is 1.20 bits per heavy atom. The summed E-state index contributed by atoms with van der Waals surface area (Å²) >= 11 is 0. The Hall–Kier alpha value is -1.71. The van der Waals surface area contributed by atoms with E-state index in [1.807, 2.05) is 0 Å². The lowest BCUT2D eigenvalue weighted by Crippen LogP contribution is -2.53. The molecule has 0 unspecified atom stereocenters. The molecule has 2 atom stereocenters. The molecule has 0 spiro atoms. The maximum atomic E-state index is 11.4. The van der Waals surface area contributed by atoms with Crippen molar-refractivity contribution < 1.29 is 4.79 Å². The maximum absolute atomic E-state index is 11.4. The second-order valence-electron chi connectivity index (χ2n) is 5.96. The number of carbonyl (C=O) groups is 1. The minimum absolute atomic E-state index is 0.0859. The first-order chi connectivity index (χ1) is 9.66. The molecule has 1 aromatic carbocycles. The second-order valence-corrected chi connectivity index (χ2v) is 5.96. The van der Waals surface area contributed by atoms with Gasteiger partial charge in [0.05, 0.1) is 24.1 Å². The SMILES string of the molecule is CC(=O)N[C@@H]1CCCC[C@H]1N1CN(C)c2ccccc21. The van der Waals surface area contributed by atoms with E-state index in [9.17, 15) is 4.79 Å². The number of hydrogen-bond donors (Lipinski definition) is 1. The summed E-state index contributed by atoms with van der Waals surface area (Å²) in [7, 11) is 2.13. The van der Waals surface area contributed by atoms with E-state index in [4.69, 9.17) is 0 Å². The molecule has 0 saturated heterocycles. The van der Waals surface area contributed by atoms with Gasteiger partial charge in [0.1, 0.15) is 0 Å². The van der Waals surface area contributed by atoms with Gasteiger partial charge in [-0.2, -0.15) is 0 Å². The van der Waals surface area contributed by atoms with Gasteiger partial charge in [0.15, 0.2) is 0 Å². The van der Waals surface area contributed by atoms with Gasteiger partial charge in [0.25, 0.3) is 0 Å². The Labute approximate surface area is 120 Å². The van der Waals surface area contributed by atoms with Gasteiger partial charge in [-0.25, -0.2) is 0 Å². The van der Waals surface area contributed by atoms with Crippen molar-refractivity contribution in [2.75, 3.05) is 23.5 Å². The normalized spacial score (nSPS) is 25.5. The summed E-state index contributed by atoms with van der Waals surface area (Å²) in [5.41, 5.74) is 2.59. The maximum Gasteiger partial charge on any atom is 0.217 e. The summed E-state index contributed by atoms with van der Waals surface area (Å²) in [5, 5.41) is 3.16. The molecule has 0 aromatic heterocycles. The summed E-state index contributed by atoms with van der Waals surface area (Å²) in [6, 6.07) is 9.25. The van der Waals surface area contributed by atoms with Gasteiger partial charge >= 0.3 is 0 Å². The number of nitrogens with zero attached hydrogens (tertiary/aromatic N) is 2. The molecular formula is C16H23N3O. The number of para-hydroxylation sites is 2. The molecule has 4 nitrogen and oxygen atoms in total. The van der Waals surface area contributed by atoms with Crippen LogP contribution in [0.4, 0.5) is 11.4 Å². The molecule has 1 fully saturated rings. The Balaban J connectivity index is 1.86. The van der Waals surface area contributed by atoms with Crippen molar-refractivity contribution in [1.29, 1.82) is 0 Å². The summed E-state index contributed by atoms with van der Waals surface area (Å²) in [5.74, 6) is 0.0859. The van der Waals surface area contributed by atoms with Crippen molar-refractivity contribution in [3.63, 3.8) is 0 Å². The average molecular weight is 273 g/mol. The first-order valence-corrected chi connectivity index (χ1v) is 7.51. The smallest absolute Gasteiger partial charge is 0.217 e. The number of nitrogens with one attached hydrogen (secondary N) is 1. The van der Waals surface area contributed by atoms with E-state index in [0.29, 0.717) is 6.04 Å². The zero-order valence-corrected chi connectivity index (χ0v) is 12.3. The lowest BCUT2D eigenvalue weighted by atomic mass is 9.89. The molecule has 1 heterocycles. The van der Waals surface area contributed by atoms with Gasteiger partial charge in [0.2, 0.25) is 5.91 Å². The van der Waals surface area contributed by atoms with Crippen LogP contribution in [0.15, 0.2) is 24.3 Å². The number of carbonyl (C=O) groups excluding carboxylic acids is 1. The standard InChI is InChI=1S/C16H23N3O/c1-12(20)17-13-7-3-4-8-14(13)19-11-18(2)15-9-5-6-10-16(15)19/h5-6,9-10,13-14H,3-4,7-8,11H2,1-2H3,(H,17,20)/t13-,14-/m1/s1. The zero-order valence-electron chi connectivity index (χ0n) is 12.3. The minimum Gasteiger partial charge on any atom is -0.355 e. The van der Waals surface area contributed by atoms with Crippen LogP contribution in [0.25, 0.3) is 0 Å². The summed E-state index contributed by atoms with van der Waals surface area (Å²) in [4.78, 5) is 16.2. The second kappa shape index (κ2) is 5.35. The number of anilines is 2. The van der Waals surface area contributed by atoms with Crippen LogP contribution >= 0.6 is 0 Å². The predicted molar refractivity (Wildman–Crippen MR) is 82.1 cm³/mol. The number of amides is 1. The monoisotopic (exact) mass is 273 g/mol. The Bertz CT molecular complexity index is 502. The van der Waals surface area contributed by atoms with Crippen LogP contribution in [0.5, 0.6) is 0 Å². The van der Waals surface area contributed by atoms with E-state index in [-0.39, 0.29) is 11.9 Å². The van der Waals surface area contributed by atoms with Gasteiger partial charge in [-0.3, -0.25) is 4.79 Å². The van der Waals surface area contributed by atoms with Crippen molar-refractivity contribution in [3.05, 3.63) is 24.3 Å². The molecule has 0 bridgehead atoms. The van der Waals surface area contributed by atoms with Crippen molar-refractivity contribution >= 4 is 17.3 Å². The van der Waals surface area contributed by atoms with Crippen LogP contribution in [-0.4, -0.2) is 31.7 Å². The molecule has 1 aliphatic carbocycles. The van der Waals surface area contributed by atoms with E-state index < -0.39 is 0 Å². The quantitative estimate of drug-likeness (QED) is 0.898. The van der Waals surface area contributed by atoms with Gasteiger partial charge < -0.3 is 15.1 Å².